The van der Waals surface area contributed by atoms with E-state index in [2.05, 4.69) is 12.2 Å². The molecule has 0 aromatic heterocycles. The van der Waals surface area contributed by atoms with Gasteiger partial charge in [0, 0.05) is 12.6 Å². The Kier molecular flexibility index (Phi) is 4.02. The minimum absolute atomic E-state index is 0.307. The van der Waals surface area contributed by atoms with Crippen molar-refractivity contribution in [1.82, 2.24) is 5.32 Å². The molecule has 1 rings (SSSR count). The molecule has 1 aliphatic rings. The summed E-state index contributed by atoms with van der Waals surface area (Å²) in [5.41, 5.74) is 0.307. The highest BCUT2D eigenvalue weighted by Crippen LogP contribution is 2.28. The summed E-state index contributed by atoms with van der Waals surface area (Å²) in [5.74, 6) is 0. The summed E-state index contributed by atoms with van der Waals surface area (Å²) in [5, 5.41) is 3.57. The monoisotopic (exact) mass is 171 g/mol. The van der Waals surface area contributed by atoms with Crippen molar-refractivity contribution in [3.8, 4) is 0 Å². The van der Waals surface area contributed by atoms with Crippen molar-refractivity contribution >= 4 is 0 Å². The van der Waals surface area contributed by atoms with Gasteiger partial charge in [0.2, 0.25) is 0 Å². The molecule has 0 atom stereocenters. The standard InChI is InChI=1S/C10H21NO/c1-3-11-10(9-12-2)7-5-4-6-8-10/h11H,3-9H2,1-2H3. The van der Waals surface area contributed by atoms with Gasteiger partial charge in [-0.25, -0.2) is 0 Å². The quantitative estimate of drug-likeness (QED) is 0.698. The summed E-state index contributed by atoms with van der Waals surface area (Å²) in [6, 6.07) is 0. The molecule has 0 spiro atoms. The summed E-state index contributed by atoms with van der Waals surface area (Å²) in [7, 11) is 1.80. The van der Waals surface area contributed by atoms with Crippen molar-refractivity contribution < 1.29 is 4.74 Å². The van der Waals surface area contributed by atoms with Gasteiger partial charge in [0.05, 0.1) is 6.61 Å². The number of hydrogen-bond donors (Lipinski definition) is 1. The molecule has 1 N–H and O–H groups in total. The van der Waals surface area contributed by atoms with Gasteiger partial charge in [0.1, 0.15) is 0 Å². The minimum atomic E-state index is 0.307. The Morgan fingerprint density at radius 1 is 1.25 bits per heavy atom. The summed E-state index contributed by atoms with van der Waals surface area (Å²) < 4.78 is 5.27. The van der Waals surface area contributed by atoms with Crippen LogP contribution in [0.4, 0.5) is 0 Å². The molecule has 12 heavy (non-hydrogen) atoms. The summed E-state index contributed by atoms with van der Waals surface area (Å²) >= 11 is 0. The van der Waals surface area contributed by atoms with Crippen molar-refractivity contribution in [2.75, 3.05) is 20.3 Å². The third-order valence-electron chi connectivity index (χ3n) is 2.78. The Bertz CT molecular complexity index is 103. The Hall–Kier alpha value is -0.0800. The topological polar surface area (TPSA) is 21.3 Å². The van der Waals surface area contributed by atoms with Crippen molar-refractivity contribution in [2.45, 2.75) is 44.6 Å². The Morgan fingerprint density at radius 3 is 2.42 bits per heavy atom. The minimum Gasteiger partial charge on any atom is -0.383 e. The number of methoxy groups -OCH3 is 1. The van der Waals surface area contributed by atoms with Crippen molar-refractivity contribution in [3.63, 3.8) is 0 Å². The maximum absolute atomic E-state index is 5.27. The van der Waals surface area contributed by atoms with Gasteiger partial charge >= 0.3 is 0 Å². The van der Waals surface area contributed by atoms with Gasteiger partial charge in [-0.15, -0.1) is 0 Å². The molecule has 1 fully saturated rings. The lowest BCUT2D eigenvalue weighted by Crippen LogP contribution is -2.50. The van der Waals surface area contributed by atoms with Crippen LogP contribution in [0.15, 0.2) is 0 Å². The van der Waals surface area contributed by atoms with E-state index in [0.29, 0.717) is 5.54 Å². The van der Waals surface area contributed by atoms with Crippen LogP contribution in [0.1, 0.15) is 39.0 Å². The zero-order valence-corrected chi connectivity index (χ0v) is 8.36. The first-order valence-electron chi connectivity index (χ1n) is 5.07. The highest BCUT2D eigenvalue weighted by Gasteiger charge is 2.30. The fourth-order valence-corrected chi connectivity index (χ4v) is 2.25. The molecule has 2 heteroatoms. The number of hydrogen-bond acceptors (Lipinski definition) is 2. The molecule has 0 radical (unpaired) electrons. The first-order valence-corrected chi connectivity index (χ1v) is 5.07. The summed E-state index contributed by atoms with van der Waals surface area (Å²) in [6.45, 7) is 4.11. The Labute approximate surface area is 75.7 Å². The zero-order valence-electron chi connectivity index (χ0n) is 8.36. The molecular formula is C10H21NO. The van der Waals surface area contributed by atoms with Crippen LogP contribution >= 0.6 is 0 Å². The number of ether oxygens (including phenoxy) is 1. The van der Waals surface area contributed by atoms with Crippen LogP contribution in [0, 0.1) is 0 Å². The molecule has 0 aromatic rings. The molecule has 1 aliphatic carbocycles. The van der Waals surface area contributed by atoms with Crippen LogP contribution in [-0.2, 0) is 4.74 Å². The van der Waals surface area contributed by atoms with E-state index >= 15 is 0 Å². The van der Waals surface area contributed by atoms with Crippen LogP contribution in [-0.4, -0.2) is 25.8 Å². The Balaban J connectivity index is 2.44. The van der Waals surface area contributed by atoms with Crippen LogP contribution in [0.2, 0.25) is 0 Å². The average Bonchev–Trinajstić information content (AvgIpc) is 2.07. The van der Waals surface area contributed by atoms with Crippen molar-refractivity contribution in [1.29, 1.82) is 0 Å². The van der Waals surface area contributed by atoms with Gasteiger partial charge in [-0.2, -0.15) is 0 Å². The molecule has 0 amide bonds. The highest BCUT2D eigenvalue weighted by molar-refractivity contribution is 4.90. The second kappa shape index (κ2) is 4.83. The van der Waals surface area contributed by atoms with Gasteiger partial charge in [-0.1, -0.05) is 26.2 Å². The van der Waals surface area contributed by atoms with Crippen molar-refractivity contribution in [2.24, 2.45) is 0 Å². The summed E-state index contributed by atoms with van der Waals surface area (Å²) in [6.07, 6.45) is 6.69. The van der Waals surface area contributed by atoms with Crippen LogP contribution in [0.5, 0.6) is 0 Å². The molecule has 0 saturated heterocycles. The average molecular weight is 171 g/mol. The number of likely N-dealkylation sites (N-methyl/N-ethyl adjacent to an activating group) is 1. The van der Waals surface area contributed by atoms with E-state index in [1.165, 1.54) is 32.1 Å². The largest absolute Gasteiger partial charge is 0.383 e. The third-order valence-corrected chi connectivity index (χ3v) is 2.78. The molecule has 0 aliphatic heterocycles. The molecule has 0 aromatic carbocycles. The SMILES string of the molecule is CCNC1(COC)CCCCC1. The molecule has 0 heterocycles. The maximum Gasteiger partial charge on any atom is 0.0644 e. The van der Waals surface area contributed by atoms with Gasteiger partial charge in [-0.3, -0.25) is 0 Å². The van der Waals surface area contributed by atoms with Crippen LogP contribution < -0.4 is 5.32 Å². The van der Waals surface area contributed by atoms with Crippen molar-refractivity contribution in [3.05, 3.63) is 0 Å². The predicted molar refractivity (Wildman–Crippen MR) is 51.4 cm³/mol. The lowest BCUT2D eigenvalue weighted by atomic mass is 9.82. The van der Waals surface area contributed by atoms with E-state index in [1.54, 1.807) is 7.11 Å². The van der Waals surface area contributed by atoms with Crippen LogP contribution in [0.3, 0.4) is 0 Å². The number of rotatable bonds is 4. The van der Waals surface area contributed by atoms with E-state index in [9.17, 15) is 0 Å². The van der Waals surface area contributed by atoms with E-state index in [4.69, 9.17) is 4.74 Å². The third kappa shape index (κ3) is 2.46. The van der Waals surface area contributed by atoms with Gasteiger partial charge in [-0.05, 0) is 19.4 Å². The first-order chi connectivity index (χ1) is 5.83. The second-order valence-corrected chi connectivity index (χ2v) is 3.80. The van der Waals surface area contributed by atoms with E-state index in [0.717, 1.165) is 13.2 Å². The molecule has 2 nitrogen and oxygen atoms in total. The van der Waals surface area contributed by atoms with E-state index in [1.807, 2.05) is 0 Å². The number of nitrogens with one attached hydrogen (secondary N) is 1. The molecule has 0 bridgehead atoms. The fraction of sp³-hybridized carbons (Fsp3) is 1.00. The first kappa shape index (κ1) is 10.0. The Morgan fingerprint density at radius 2 is 1.92 bits per heavy atom. The van der Waals surface area contributed by atoms with Crippen LogP contribution in [0.25, 0.3) is 0 Å². The molecule has 72 valence electrons. The van der Waals surface area contributed by atoms with E-state index < -0.39 is 0 Å². The fourth-order valence-electron chi connectivity index (χ4n) is 2.25. The lowest BCUT2D eigenvalue weighted by Gasteiger charge is -2.37. The predicted octanol–water partition coefficient (Wildman–Crippen LogP) is 1.95. The van der Waals surface area contributed by atoms with E-state index in [-0.39, 0.29) is 0 Å². The molecular weight excluding hydrogens is 150 g/mol. The van der Waals surface area contributed by atoms with Gasteiger partial charge in [0.15, 0.2) is 0 Å². The second-order valence-electron chi connectivity index (χ2n) is 3.80. The van der Waals surface area contributed by atoms with Gasteiger partial charge < -0.3 is 10.1 Å². The molecule has 1 saturated carbocycles. The summed E-state index contributed by atoms with van der Waals surface area (Å²) in [4.78, 5) is 0. The highest BCUT2D eigenvalue weighted by atomic mass is 16.5. The van der Waals surface area contributed by atoms with Gasteiger partial charge in [0.25, 0.3) is 0 Å². The maximum atomic E-state index is 5.27. The zero-order chi connectivity index (χ0) is 8.86. The normalized spacial score (nSPS) is 22.5. The molecule has 0 unspecified atom stereocenters. The lowest BCUT2D eigenvalue weighted by molar-refractivity contribution is 0.0832. The smallest absolute Gasteiger partial charge is 0.0644 e.